The number of hydrogen-bond acceptors (Lipinski definition) is 3. The Hall–Kier alpha value is -1.10. The maximum atomic E-state index is 11.7. The van der Waals surface area contributed by atoms with E-state index in [1.165, 1.54) is 0 Å². The molecular weight excluding hydrogens is 222 g/mol. The summed E-state index contributed by atoms with van der Waals surface area (Å²) in [6.07, 6.45) is 1.96. The molecule has 0 aliphatic carbocycles. The van der Waals surface area contributed by atoms with Crippen LogP contribution in [0.3, 0.4) is 0 Å². The average Bonchev–Trinajstić information content (AvgIpc) is 2.34. The van der Waals surface area contributed by atoms with Gasteiger partial charge in [-0.3, -0.25) is 9.59 Å². The van der Waals surface area contributed by atoms with Gasteiger partial charge in [-0.1, -0.05) is 0 Å². The summed E-state index contributed by atoms with van der Waals surface area (Å²) in [5, 5.41) is 8.51. The summed E-state index contributed by atoms with van der Waals surface area (Å²) in [5.74, 6) is -0.412. The molecule has 0 aromatic rings. The van der Waals surface area contributed by atoms with Crippen LogP contribution in [-0.4, -0.2) is 48.2 Å². The molecule has 5 heteroatoms. The Bertz CT molecular complexity index is 259. The maximum Gasteiger partial charge on any atom is 0.303 e. The van der Waals surface area contributed by atoms with Crippen molar-refractivity contribution >= 4 is 11.9 Å². The van der Waals surface area contributed by atoms with E-state index in [1.807, 2.05) is 6.92 Å². The molecule has 0 unspecified atom stereocenters. The standard InChI is InChI=1S/C12H21NO4/c1-2-17-9-10-5-7-13(8-6-10)11(14)3-4-12(15)16/h10H,2-9H2,1H3,(H,15,16). The van der Waals surface area contributed by atoms with E-state index >= 15 is 0 Å². The SMILES string of the molecule is CCOCC1CCN(C(=O)CCC(=O)O)CC1. The average molecular weight is 243 g/mol. The van der Waals surface area contributed by atoms with Gasteiger partial charge in [0.2, 0.25) is 5.91 Å². The van der Waals surface area contributed by atoms with E-state index in [9.17, 15) is 9.59 Å². The van der Waals surface area contributed by atoms with Gasteiger partial charge in [-0.2, -0.15) is 0 Å². The van der Waals surface area contributed by atoms with Crippen LogP contribution in [0.5, 0.6) is 0 Å². The molecule has 5 nitrogen and oxygen atoms in total. The fraction of sp³-hybridized carbons (Fsp3) is 0.833. The van der Waals surface area contributed by atoms with Gasteiger partial charge in [0.15, 0.2) is 0 Å². The number of nitrogens with zero attached hydrogens (tertiary/aromatic N) is 1. The first-order valence-corrected chi connectivity index (χ1v) is 6.20. The molecule has 1 N–H and O–H groups in total. The molecule has 0 aromatic carbocycles. The summed E-state index contributed by atoms with van der Waals surface area (Å²) < 4.78 is 5.37. The van der Waals surface area contributed by atoms with E-state index in [2.05, 4.69) is 0 Å². The van der Waals surface area contributed by atoms with E-state index in [1.54, 1.807) is 4.90 Å². The quantitative estimate of drug-likeness (QED) is 0.759. The van der Waals surface area contributed by atoms with Crippen LogP contribution < -0.4 is 0 Å². The van der Waals surface area contributed by atoms with Crippen LogP contribution in [-0.2, 0) is 14.3 Å². The highest BCUT2D eigenvalue weighted by Gasteiger charge is 2.22. The fourth-order valence-electron chi connectivity index (χ4n) is 2.01. The van der Waals surface area contributed by atoms with Gasteiger partial charge in [0.05, 0.1) is 6.42 Å². The number of amides is 1. The van der Waals surface area contributed by atoms with E-state index in [4.69, 9.17) is 9.84 Å². The molecular formula is C12H21NO4. The number of aliphatic carboxylic acids is 1. The smallest absolute Gasteiger partial charge is 0.303 e. The predicted octanol–water partition coefficient (Wildman–Crippen LogP) is 1.13. The topological polar surface area (TPSA) is 66.8 Å². The predicted molar refractivity (Wildman–Crippen MR) is 62.7 cm³/mol. The van der Waals surface area contributed by atoms with Crippen LogP contribution in [0.4, 0.5) is 0 Å². The van der Waals surface area contributed by atoms with Crippen LogP contribution in [0.15, 0.2) is 0 Å². The lowest BCUT2D eigenvalue weighted by Gasteiger charge is -2.31. The van der Waals surface area contributed by atoms with Crippen LogP contribution >= 0.6 is 0 Å². The zero-order chi connectivity index (χ0) is 12.7. The second kappa shape index (κ2) is 7.27. The lowest BCUT2D eigenvalue weighted by molar-refractivity contribution is -0.141. The van der Waals surface area contributed by atoms with Crippen LogP contribution in [0, 0.1) is 5.92 Å². The molecule has 0 aromatic heterocycles. The number of carboxylic acids is 1. The second-order valence-electron chi connectivity index (χ2n) is 4.38. The molecule has 1 amide bonds. The van der Waals surface area contributed by atoms with Gasteiger partial charge < -0.3 is 14.7 Å². The van der Waals surface area contributed by atoms with Gasteiger partial charge in [0, 0.05) is 32.7 Å². The first-order valence-electron chi connectivity index (χ1n) is 6.20. The third kappa shape index (κ3) is 5.17. The summed E-state index contributed by atoms with van der Waals surface area (Å²) >= 11 is 0. The highest BCUT2D eigenvalue weighted by atomic mass is 16.5. The van der Waals surface area contributed by atoms with Gasteiger partial charge in [0.1, 0.15) is 0 Å². The number of ether oxygens (including phenoxy) is 1. The maximum absolute atomic E-state index is 11.7. The number of carboxylic acid groups (broad SMARTS) is 1. The fourth-order valence-corrected chi connectivity index (χ4v) is 2.01. The van der Waals surface area contributed by atoms with Gasteiger partial charge in [0.25, 0.3) is 0 Å². The molecule has 0 radical (unpaired) electrons. The zero-order valence-electron chi connectivity index (χ0n) is 10.4. The van der Waals surface area contributed by atoms with Crippen LogP contribution in [0.2, 0.25) is 0 Å². The minimum atomic E-state index is -0.912. The van der Waals surface area contributed by atoms with E-state index in [-0.39, 0.29) is 18.7 Å². The minimum Gasteiger partial charge on any atom is -0.481 e. The highest BCUT2D eigenvalue weighted by Crippen LogP contribution is 2.18. The van der Waals surface area contributed by atoms with Crippen molar-refractivity contribution in [3.8, 4) is 0 Å². The van der Waals surface area contributed by atoms with Gasteiger partial charge in [-0.15, -0.1) is 0 Å². The van der Waals surface area contributed by atoms with Crippen LogP contribution in [0.25, 0.3) is 0 Å². The highest BCUT2D eigenvalue weighted by molar-refractivity contribution is 5.80. The first-order chi connectivity index (χ1) is 8.13. The number of rotatable bonds is 6. The van der Waals surface area contributed by atoms with Crippen LogP contribution in [0.1, 0.15) is 32.6 Å². The van der Waals surface area contributed by atoms with Crippen molar-refractivity contribution in [2.45, 2.75) is 32.6 Å². The van der Waals surface area contributed by atoms with Crippen molar-refractivity contribution in [3.05, 3.63) is 0 Å². The van der Waals surface area contributed by atoms with Crippen molar-refractivity contribution in [2.24, 2.45) is 5.92 Å². The molecule has 1 fully saturated rings. The largest absolute Gasteiger partial charge is 0.481 e. The Morgan fingerprint density at radius 2 is 1.94 bits per heavy atom. The van der Waals surface area contributed by atoms with Gasteiger partial charge in [-0.05, 0) is 25.7 Å². The lowest BCUT2D eigenvalue weighted by Crippen LogP contribution is -2.39. The molecule has 98 valence electrons. The molecule has 1 aliphatic heterocycles. The molecule has 0 saturated carbocycles. The number of hydrogen-bond donors (Lipinski definition) is 1. The third-order valence-corrected chi connectivity index (χ3v) is 3.08. The van der Waals surface area contributed by atoms with Crippen molar-refractivity contribution in [3.63, 3.8) is 0 Å². The van der Waals surface area contributed by atoms with Crippen molar-refractivity contribution in [1.82, 2.24) is 4.90 Å². The molecule has 1 rings (SSSR count). The monoisotopic (exact) mass is 243 g/mol. The summed E-state index contributed by atoms with van der Waals surface area (Å²) in [7, 11) is 0. The normalized spacial score (nSPS) is 17.1. The third-order valence-electron chi connectivity index (χ3n) is 3.08. The summed E-state index contributed by atoms with van der Waals surface area (Å²) in [5.41, 5.74) is 0. The number of carbonyl (C=O) groups is 2. The van der Waals surface area contributed by atoms with E-state index in [0.29, 0.717) is 5.92 Å². The Morgan fingerprint density at radius 1 is 1.29 bits per heavy atom. The number of likely N-dealkylation sites (tertiary alicyclic amines) is 1. The Balaban J connectivity index is 2.21. The zero-order valence-corrected chi connectivity index (χ0v) is 10.4. The molecule has 0 spiro atoms. The number of carbonyl (C=O) groups excluding carboxylic acids is 1. The summed E-state index contributed by atoms with van der Waals surface area (Å²) in [4.78, 5) is 23.8. The molecule has 0 atom stereocenters. The molecule has 1 heterocycles. The molecule has 0 bridgehead atoms. The van der Waals surface area contributed by atoms with E-state index < -0.39 is 5.97 Å². The molecule has 17 heavy (non-hydrogen) atoms. The number of piperidine rings is 1. The van der Waals surface area contributed by atoms with Crippen molar-refractivity contribution in [1.29, 1.82) is 0 Å². The van der Waals surface area contributed by atoms with Gasteiger partial charge in [-0.25, -0.2) is 0 Å². The molecule has 1 saturated heterocycles. The first kappa shape index (κ1) is 14.0. The minimum absolute atomic E-state index is 0.0396. The second-order valence-corrected chi connectivity index (χ2v) is 4.38. The summed E-state index contributed by atoms with van der Waals surface area (Å²) in [6, 6.07) is 0. The Labute approximate surface area is 102 Å². The Morgan fingerprint density at radius 3 is 2.47 bits per heavy atom. The molecule has 1 aliphatic rings. The van der Waals surface area contributed by atoms with Crippen molar-refractivity contribution in [2.75, 3.05) is 26.3 Å². The van der Waals surface area contributed by atoms with E-state index in [0.717, 1.165) is 39.1 Å². The summed E-state index contributed by atoms with van der Waals surface area (Å²) in [6.45, 7) is 4.95. The lowest BCUT2D eigenvalue weighted by atomic mass is 9.97. The van der Waals surface area contributed by atoms with Crippen molar-refractivity contribution < 1.29 is 19.4 Å². The Kier molecular flexibility index (Phi) is 5.97. The van der Waals surface area contributed by atoms with Gasteiger partial charge >= 0.3 is 5.97 Å².